The fourth-order valence-corrected chi connectivity index (χ4v) is 2.29. The first-order valence-electron chi connectivity index (χ1n) is 6.56. The summed E-state index contributed by atoms with van der Waals surface area (Å²) in [6.45, 7) is 0.897. The molecule has 0 unspecified atom stereocenters. The molecule has 3 aromatic rings. The highest BCUT2D eigenvalue weighted by Gasteiger charge is 2.08. The van der Waals surface area contributed by atoms with Gasteiger partial charge in [0, 0.05) is 31.4 Å². The second-order valence-electron chi connectivity index (χ2n) is 4.90. The average Bonchev–Trinajstić information content (AvgIpc) is 2.92. The van der Waals surface area contributed by atoms with Crippen LogP contribution in [0.15, 0.2) is 42.9 Å². The number of aromatic nitrogens is 3. The highest BCUT2D eigenvalue weighted by Crippen LogP contribution is 2.27. The van der Waals surface area contributed by atoms with Gasteiger partial charge in [-0.3, -0.25) is 10.1 Å². The number of pyridine rings is 1. The van der Waals surface area contributed by atoms with Gasteiger partial charge in [-0.15, -0.1) is 0 Å². The van der Waals surface area contributed by atoms with E-state index in [1.807, 2.05) is 36.7 Å². The first kappa shape index (κ1) is 12.5. The van der Waals surface area contributed by atoms with Crippen molar-refractivity contribution in [2.75, 3.05) is 24.2 Å². The van der Waals surface area contributed by atoms with Gasteiger partial charge in [-0.1, -0.05) is 0 Å². The van der Waals surface area contributed by atoms with Gasteiger partial charge in [-0.2, -0.15) is 5.10 Å². The van der Waals surface area contributed by atoms with E-state index in [4.69, 9.17) is 5.73 Å². The summed E-state index contributed by atoms with van der Waals surface area (Å²) in [5, 5.41) is 8.04. The SMILES string of the molecule is CN(CCc1ccncc1)c1cc2[nH]ncc2cc1N. The zero-order chi connectivity index (χ0) is 13.9. The van der Waals surface area contributed by atoms with Crippen molar-refractivity contribution >= 4 is 22.3 Å². The van der Waals surface area contributed by atoms with Crippen molar-refractivity contribution in [3.8, 4) is 0 Å². The Bertz CT molecular complexity index is 705. The Kier molecular flexibility index (Phi) is 3.25. The lowest BCUT2D eigenvalue weighted by atomic mass is 10.1. The maximum Gasteiger partial charge on any atom is 0.0672 e. The minimum Gasteiger partial charge on any atom is -0.397 e. The molecule has 3 rings (SSSR count). The quantitative estimate of drug-likeness (QED) is 0.711. The molecule has 1 aromatic carbocycles. The van der Waals surface area contributed by atoms with Gasteiger partial charge in [0.1, 0.15) is 0 Å². The van der Waals surface area contributed by atoms with E-state index in [1.54, 1.807) is 6.20 Å². The van der Waals surface area contributed by atoms with Crippen LogP contribution in [0.3, 0.4) is 0 Å². The van der Waals surface area contributed by atoms with E-state index in [2.05, 4.69) is 27.1 Å². The Labute approximate surface area is 117 Å². The second kappa shape index (κ2) is 5.21. The minimum absolute atomic E-state index is 0.774. The van der Waals surface area contributed by atoms with Crippen LogP contribution in [0.5, 0.6) is 0 Å². The Balaban J connectivity index is 1.78. The van der Waals surface area contributed by atoms with E-state index < -0.39 is 0 Å². The van der Waals surface area contributed by atoms with E-state index >= 15 is 0 Å². The number of benzene rings is 1. The lowest BCUT2D eigenvalue weighted by Gasteiger charge is -2.21. The maximum absolute atomic E-state index is 6.12. The fourth-order valence-electron chi connectivity index (χ4n) is 2.29. The fraction of sp³-hybridized carbons (Fsp3) is 0.200. The summed E-state index contributed by atoms with van der Waals surface area (Å²) in [6.07, 6.45) is 6.38. The maximum atomic E-state index is 6.12. The summed E-state index contributed by atoms with van der Waals surface area (Å²) in [4.78, 5) is 6.19. The molecule has 0 aliphatic rings. The molecule has 102 valence electrons. The lowest BCUT2D eigenvalue weighted by Crippen LogP contribution is -2.21. The predicted molar refractivity (Wildman–Crippen MR) is 81.7 cm³/mol. The van der Waals surface area contributed by atoms with Crippen molar-refractivity contribution in [3.05, 3.63) is 48.4 Å². The largest absolute Gasteiger partial charge is 0.397 e. The molecule has 3 N–H and O–H groups in total. The normalized spacial score (nSPS) is 10.8. The van der Waals surface area contributed by atoms with Crippen molar-refractivity contribution in [1.82, 2.24) is 15.2 Å². The molecule has 20 heavy (non-hydrogen) atoms. The van der Waals surface area contributed by atoms with Gasteiger partial charge in [-0.25, -0.2) is 0 Å². The lowest BCUT2D eigenvalue weighted by molar-refractivity contribution is 0.876. The monoisotopic (exact) mass is 267 g/mol. The third-order valence-electron chi connectivity index (χ3n) is 3.48. The smallest absolute Gasteiger partial charge is 0.0672 e. The highest BCUT2D eigenvalue weighted by molar-refractivity contribution is 5.88. The number of anilines is 2. The molecule has 0 amide bonds. The number of likely N-dealkylation sites (N-methyl/N-ethyl adjacent to an activating group) is 1. The Morgan fingerprint density at radius 3 is 2.85 bits per heavy atom. The molecule has 0 radical (unpaired) electrons. The standard InChI is InChI=1S/C15H17N5/c1-20(7-4-11-2-5-17-6-3-11)15-9-14-12(8-13(15)16)10-18-19-14/h2-3,5-6,8-10H,4,7,16H2,1H3,(H,18,19). The molecular weight excluding hydrogens is 250 g/mol. The summed E-state index contributed by atoms with van der Waals surface area (Å²) < 4.78 is 0. The van der Waals surface area contributed by atoms with E-state index in [9.17, 15) is 0 Å². The first-order chi connectivity index (χ1) is 9.74. The van der Waals surface area contributed by atoms with Crippen LogP contribution in [-0.2, 0) is 6.42 Å². The second-order valence-corrected chi connectivity index (χ2v) is 4.90. The van der Waals surface area contributed by atoms with Crippen LogP contribution in [-0.4, -0.2) is 28.8 Å². The van der Waals surface area contributed by atoms with Crippen LogP contribution in [0, 0.1) is 0 Å². The minimum atomic E-state index is 0.774. The summed E-state index contributed by atoms with van der Waals surface area (Å²) in [5.74, 6) is 0. The molecule has 0 bridgehead atoms. The molecule has 5 nitrogen and oxygen atoms in total. The molecule has 0 aliphatic carbocycles. The van der Waals surface area contributed by atoms with Crippen LogP contribution in [0.2, 0.25) is 0 Å². The topological polar surface area (TPSA) is 70.8 Å². The number of aromatic amines is 1. The Hall–Kier alpha value is -2.56. The number of hydrogen-bond acceptors (Lipinski definition) is 4. The van der Waals surface area contributed by atoms with E-state index in [1.165, 1.54) is 5.56 Å². The summed E-state index contributed by atoms with van der Waals surface area (Å²) in [5.41, 5.74) is 10.2. The van der Waals surface area contributed by atoms with Gasteiger partial charge in [0.15, 0.2) is 0 Å². The molecular formula is C15H17N5. The third kappa shape index (κ3) is 2.42. The van der Waals surface area contributed by atoms with E-state index in [0.717, 1.165) is 35.2 Å². The van der Waals surface area contributed by atoms with Gasteiger partial charge >= 0.3 is 0 Å². The first-order valence-corrected chi connectivity index (χ1v) is 6.56. The molecule has 0 fully saturated rings. The van der Waals surface area contributed by atoms with Gasteiger partial charge in [0.25, 0.3) is 0 Å². The van der Waals surface area contributed by atoms with Crippen LogP contribution in [0.1, 0.15) is 5.56 Å². The van der Waals surface area contributed by atoms with Crippen LogP contribution in [0.25, 0.3) is 10.9 Å². The van der Waals surface area contributed by atoms with Crippen molar-refractivity contribution in [1.29, 1.82) is 0 Å². The number of hydrogen-bond donors (Lipinski definition) is 2. The Morgan fingerprint density at radius 2 is 2.05 bits per heavy atom. The van der Waals surface area contributed by atoms with Gasteiger partial charge in [0.2, 0.25) is 0 Å². The molecule has 2 aromatic heterocycles. The summed E-state index contributed by atoms with van der Waals surface area (Å²) in [6, 6.07) is 8.08. The number of nitrogens with one attached hydrogen (secondary N) is 1. The van der Waals surface area contributed by atoms with Crippen LogP contribution < -0.4 is 10.6 Å². The predicted octanol–water partition coefficient (Wildman–Crippen LogP) is 2.22. The van der Waals surface area contributed by atoms with E-state index in [-0.39, 0.29) is 0 Å². The Morgan fingerprint density at radius 1 is 1.25 bits per heavy atom. The molecule has 0 atom stereocenters. The molecule has 2 heterocycles. The summed E-state index contributed by atoms with van der Waals surface area (Å²) in [7, 11) is 2.05. The van der Waals surface area contributed by atoms with Crippen molar-refractivity contribution < 1.29 is 0 Å². The van der Waals surface area contributed by atoms with Crippen molar-refractivity contribution in [2.24, 2.45) is 0 Å². The van der Waals surface area contributed by atoms with Crippen LogP contribution in [0.4, 0.5) is 11.4 Å². The molecule has 0 saturated heterocycles. The number of fused-ring (bicyclic) bond motifs is 1. The molecule has 0 aliphatic heterocycles. The number of rotatable bonds is 4. The van der Waals surface area contributed by atoms with Gasteiger partial charge in [0.05, 0.1) is 23.1 Å². The zero-order valence-electron chi connectivity index (χ0n) is 11.4. The number of nitrogens with zero attached hydrogens (tertiary/aromatic N) is 3. The highest BCUT2D eigenvalue weighted by atomic mass is 15.1. The van der Waals surface area contributed by atoms with Gasteiger partial charge in [-0.05, 0) is 36.2 Å². The van der Waals surface area contributed by atoms with Crippen molar-refractivity contribution in [2.45, 2.75) is 6.42 Å². The average molecular weight is 267 g/mol. The third-order valence-corrected chi connectivity index (χ3v) is 3.48. The zero-order valence-corrected chi connectivity index (χ0v) is 11.4. The summed E-state index contributed by atoms with van der Waals surface area (Å²) >= 11 is 0. The van der Waals surface area contributed by atoms with Crippen LogP contribution >= 0.6 is 0 Å². The number of nitrogen functional groups attached to an aromatic ring is 1. The van der Waals surface area contributed by atoms with E-state index in [0.29, 0.717) is 0 Å². The molecule has 0 spiro atoms. The van der Waals surface area contributed by atoms with Crippen molar-refractivity contribution in [3.63, 3.8) is 0 Å². The van der Waals surface area contributed by atoms with Gasteiger partial charge < -0.3 is 10.6 Å². The number of nitrogens with two attached hydrogens (primary N) is 1. The number of H-pyrrole nitrogens is 1. The molecule has 5 heteroatoms. The molecule has 0 saturated carbocycles.